The predicted molar refractivity (Wildman–Crippen MR) is 95.2 cm³/mol. The molecule has 0 saturated carbocycles. The highest BCUT2D eigenvalue weighted by Gasteiger charge is 2.32. The molecule has 2 aromatic rings. The van der Waals surface area contributed by atoms with Gasteiger partial charge in [0, 0.05) is 11.1 Å². The lowest BCUT2D eigenvalue weighted by molar-refractivity contribution is -0.886. The maximum Gasteiger partial charge on any atom is 0.161 e. The van der Waals surface area contributed by atoms with Crippen LogP contribution >= 0.6 is 0 Å². The highest BCUT2D eigenvalue weighted by atomic mass is 16.5. The first-order chi connectivity index (χ1) is 11.6. The fourth-order valence-electron chi connectivity index (χ4n) is 3.70. The van der Waals surface area contributed by atoms with Crippen LogP contribution in [0.1, 0.15) is 35.6 Å². The first kappa shape index (κ1) is 16.8. The number of rotatable bonds is 3. The number of hydrogen-bond donors (Lipinski definition) is 0. The van der Waals surface area contributed by atoms with Crippen molar-refractivity contribution in [2.75, 3.05) is 27.8 Å². The summed E-state index contributed by atoms with van der Waals surface area (Å²) >= 11 is 0. The first-order valence-electron chi connectivity index (χ1n) is 8.43. The fourth-order valence-corrected chi connectivity index (χ4v) is 3.70. The molecule has 0 aromatic heterocycles. The summed E-state index contributed by atoms with van der Waals surface area (Å²) in [6, 6.07) is 13.8. The Kier molecular flexibility index (Phi) is 4.78. The number of fused-ring (bicyclic) bond motifs is 1. The van der Waals surface area contributed by atoms with Crippen LogP contribution < -0.4 is 9.47 Å². The second-order valence-corrected chi connectivity index (χ2v) is 6.57. The van der Waals surface area contributed by atoms with Gasteiger partial charge in [0.05, 0.1) is 27.8 Å². The van der Waals surface area contributed by atoms with Gasteiger partial charge < -0.3 is 19.3 Å². The van der Waals surface area contributed by atoms with Crippen molar-refractivity contribution in [1.82, 2.24) is 0 Å². The Morgan fingerprint density at radius 3 is 2.33 bits per heavy atom. The van der Waals surface area contributed by atoms with Gasteiger partial charge in [0.25, 0.3) is 0 Å². The molecule has 1 aliphatic rings. The Morgan fingerprint density at radius 2 is 1.67 bits per heavy atom. The summed E-state index contributed by atoms with van der Waals surface area (Å²) in [6.45, 7) is 0.618. The predicted octanol–water partition coefficient (Wildman–Crippen LogP) is 4.07. The summed E-state index contributed by atoms with van der Waals surface area (Å²) in [6.07, 6.45) is 2.90. The van der Waals surface area contributed by atoms with Gasteiger partial charge in [-0.15, -0.1) is 0 Å². The Morgan fingerprint density at radius 1 is 1.00 bits per heavy atom. The van der Waals surface area contributed by atoms with Gasteiger partial charge in [-0.05, 0) is 37.0 Å². The van der Waals surface area contributed by atoms with Gasteiger partial charge in [-0.2, -0.15) is 0 Å². The molecular weight excluding hydrogens is 302 g/mol. The zero-order valence-corrected chi connectivity index (χ0v) is 14.6. The van der Waals surface area contributed by atoms with Crippen LogP contribution in [-0.2, 0) is 6.42 Å². The number of hydroxylamine groups is 3. The lowest BCUT2D eigenvalue weighted by Crippen LogP contribution is -2.44. The van der Waals surface area contributed by atoms with Crippen LogP contribution in [0.15, 0.2) is 42.5 Å². The molecule has 24 heavy (non-hydrogen) atoms. The summed E-state index contributed by atoms with van der Waals surface area (Å²) < 4.78 is 10.7. The SMILES string of the molecule is COc1cc2c(cc1OC)C(c1ccccc1)[N+](C)([O-])CCCC2. The molecule has 1 aliphatic heterocycles. The van der Waals surface area contributed by atoms with Crippen LogP contribution in [0, 0.1) is 5.21 Å². The van der Waals surface area contributed by atoms with E-state index in [2.05, 4.69) is 0 Å². The fraction of sp³-hybridized carbons (Fsp3) is 0.400. The van der Waals surface area contributed by atoms with Crippen molar-refractivity contribution >= 4 is 0 Å². The molecule has 0 radical (unpaired) electrons. The molecule has 4 heteroatoms. The molecule has 0 fully saturated rings. The molecule has 2 unspecified atom stereocenters. The lowest BCUT2D eigenvalue weighted by Gasteiger charge is -2.47. The number of aryl methyl sites for hydroxylation is 1. The highest BCUT2D eigenvalue weighted by molar-refractivity contribution is 5.50. The normalized spacial score (nSPS) is 23.8. The molecular formula is C20H25NO3. The first-order valence-corrected chi connectivity index (χ1v) is 8.43. The number of methoxy groups -OCH3 is 2. The third-order valence-electron chi connectivity index (χ3n) is 4.90. The molecule has 0 saturated heterocycles. The lowest BCUT2D eigenvalue weighted by atomic mass is 9.88. The van der Waals surface area contributed by atoms with E-state index in [1.165, 1.54) is 5.56 Å². The maximum atomic E-state index is 13.4. The third kappa shape index (κ3) is 3.12. The zero-order chi connectivity index (χ0) is 17.2. The third-order valence-corrected chi connectivity index (χ3v) is 4.90. The number of nitrogens with zero attached hydrogens (tertiary/aromatic N) is 1. The molecule has 3 rings (SSSR count). The van der Waals surface area contributed by atoms with Crippen molar-refractivity contribution in [3.63, 3.8) is 0 Å². The summed E-state index contributed by atoms with van der Waals surface area (Å²) in [7, 11) is 5.06. The minimum absolute atomic E-state index is 0.249. The van der Waals surface area contributed by atoms with Crippen molar-refractivity contribution < 1.29 is 14.1 Å². The molecule has 4 nitrogen and oxygen atoms in total. The average Bonchev–Trinajstić information content (AvgIpc) is 2.58. The van der Waals surface area contributed by atoms with Gasteiger partial charge in [0.1, 0.15) is 6.04 Å². The van der Waals surface area contributed by atoms with E-state index >= 15 is 0 Å². The Labute approximate surface area is 143 Å². The van der Waals surface area contributed by atoms with Gasteiger partial charge in [-0.1, -0.05) is 30.3 Å². The average molecular weight is 327 g/mol. The Balaban J connectivity index is 2.22. The standard InChI is InChI=1S/C20H25NO3/c1-21(22)12-8-7-11-16-13-18(23-2)19(24-3)14-17(16)20(21)15-9-5-4-6-10-15/h4-6,9-10,13-14,20H,7-8,11-12H2,1-3H3. The zero-order valence-electron chi connectivity index (χ0n) is 14.6. The van der Waals surface area contributed by atoms with Gasteiger partial charge in [-0.3, -0.25) is 0 Å². The molecule has 0 aliphatic carbocycles. The summed E-state index contributed by atoms with van der Waals surface area (Å²) in [5.41, 5.74) is 3.28. The second-order valence-electron chi connectivity index (χ2n) is 6.57. The van der Waals surface area contributed by atoms with E-state index in [4.69, 9.17) is 9.47 Å². The summed E-state index contributed by atoms with van der Waals surface area (Å²) in [4.78, 5) is 0. The maximum absolute atomic E-state index is 13.4. The Bertz CT molecular complexity index is 698. The van der Waals surface area contributed by atoms with Crippen LogP contribution in [0.4, 0.5) is 0 Å². The van der Waals surface area contributed by atoms with Crippen LogP contribution in [0.3, 0.4) is 0 Å². The van der Waals surface area contributed by atoms with Gasteiger partial charge in [0.15, 0.2) is 11.5 Å². The van der Waals surface area contributed by atoms with E-state index in [1.54, 1.807) is 21.3 Å². The van der Waals surface area contributed by atoms with E-state index in [9.17, 15) is 5.21 Å². The number of ether oxygens (including phenoxy) is 2. The van der Waals surface area contributed by atoms with Crippen molar-refractivity contribution in [3.05, 3.63) is 64.4 Å². The molecule has 0 spiro atoms. The van der Waals surface area contributed by atoms with Crippen LogP contribution in [0.25, 0.3) is 0 Å². The van der Waals surface area contributed by atoms with E-state index in [1.807, 2.05) is 42.5 Å². The van der Waals surface area contributed by atoms with Gasteiger partial charge in [0.2, 0.25) is 0 Å². The van der Waals surface area contributed by atoms with Crippen molar-refractivity contribution in [2.45, 2.75) is 25.3 Å². The largest absolute Gasteiger partial charge is 0.632 e. The smallest absolute Gasteiger partial charge is 0.161 e. The van der Waals surface area contributed by atoms with Crippen LogP contribution in [0.2, 0.25) is 0 Å². The van der Waals surface area contributed by atoms with Gasteiger partial charge in [-0.25, -0.2) is 0 Å². The molecule has 1 heterocycles. The van der Waals surface area contributed by atoms with E-state index in [0.29, 0.717) is 12.3 Å². The monoisotopic (exact) mass is 327 g/mol. The number of quaternary nitrogens is 1. The van der Waals surface area contributed by atoms with E-state index < -0.39 is 0 Å². The van der Waals surface area contributed by atoms with Crippen molar-refractivity contribution in [1.29, 1.82) is 0 Å². The molecule has 0 amide bonds. The van der Waals surface area contributed by atoms with E-state index in [-0.39, 0.29) is 10.7 Å². The summed E-state index contributed by atoms with van der Waals surface area (Å²) in [5, 5.41) is 13.4. The second kappa shape index (κ2) is 6.83. The van der Waals surface area contributed by atoms with Crippen molar-refractivity contribution in [3.8, 4) is 11.5 Å². The van der Waals surface area contributed by atoms with Crippen LogP contribution in [0.5, 0.6) is 11.5 Å². The van der Waals surface area contributed by atoms with Gasteiger partial charge >= 0.3 is 0 Å². The topological polar surface area (TPSA) is 41.5 Å². The van der Waals surface area contributed by atoms with Crippen molar-refractivity contribution in [2.24, 2.45) is 0 Å². The molecule has 0 bridgehead atoms. The van der Waals surface area contributed by atoms with E-state index in [0.717, 1.165) is 36.1 Å². The molecule has 2 aromatic carbocycles. The highest BCUT2D eigenvalue weighted by Crippen LogP contribution is 2.42. The number of benzene rings is 2. The Hall–Kier alpha value is -2.04. The molecule has 128 valence electrons. The summed E-state index contributed by atoms with van der Waals surface area (Å²) in [5.74, 6) is 1.40. The quantitative estimate of drug-likeness (QED) is 0.630. The minimum atomic E-state index is -0.299. The number of hydrogen-bond acceptors (Lipinski definition) is 3. The van der Waals surface area contributed by atoms with Crippen LogP contribution in [-0.4, -0.2) is 32.5 Å². The minimum Gasteiger partial charge on any atom is -0.632 e. The molecule has 0 N–H and O–H groups in total. The molecule has 2 atom stereocenters.